The van der Waals surface area contributed by atoms with E-state index >= 15 is 0 Å². The molecule has 1 amide bonds. The zero-order valence-electron chi connectivity index (χ0n) is 17.4. The summed E-state index contributed by atoms with van der Waals surface area (Å²) in [5.41, 5.74) is 1.32. The first-order valence-electron chi connectivity index (χ1n) is 10.1. The molecule has 1 atom stereocenters. The monoisotopic (exact) mass is 476 g/mol. The lowest BCUT2D eigenvalue weighted by Crippen LogP contribution is -2.37. The number of carbonyl (C=O) groups excluding carboxylic acids is 1. The van der Waals surface area contributed by atoms with Gasteiger partial charge in [-0.15, -0.1) is 11.8 Å². The molecule has 0 saturated carbocycles. The lowest BCUT2D eigenvalue weighted by molar-refractivity contribution is 0.0915. The number of aromatic nitrogens is 1. The number of amides is 1. The summed E-state index contributed by atoms with van der Waals surface area (Å²) in [5, 5.41) is 0.553. The van der Waals surface area contributed by atoms with E-state index in [0.29, 0.717) is 29.4 Å². The number of ether oxygens (including phenoxy) is 1. The van der Waals surface area contributed by atoms with Gasteiger partial charge in [0, 0.05) is 17.8 Å². The normalized spacial score (nSPS) is 16.6. The van der Waals surface area contributed by atoms with Crippen molar-refractivity contribution < 1.29 is 17.9 Å². The van der Waals surface area contributed by atoms with Crippen molar-refractivity contribution in [1.82, 2.24) is 4.98 Å². The Labute approximate surface area is 190 Å². The number of thiazole rings is 1. The average molecular weight is 477 g/mol. The molecule has 164 valence electrons. The van der Waals surface area contributed by atoms with Gasteiger partial charge in [-0.25, -0.2) is 13.4 Å². The molecule has 1 unspecified atom stereocenters. The SMILES string of the molecule is CCSc1ccccc1C(=O)N(CC1CCCO1)c1nc2ccc(S(C)(=O)=O)cc2s1. The first-order chi connectivity index (χ1) is 14.9. The van der Waals surface area contributed by atoms with Crippen LogP contribution in [0.3, 0.4) is 0 Å². The molecular formula is C22H24N2O4S3. The van der Waals surface area contributed by atoms with Crippen LogP contribution in [0, 0.1) is 0 Å². The number of rotatable bonds is 7. The van der Waals surface area contributed by atoms with Crippen molar-refractivity contribution in [3.63, 3.8) is 0 Å². The Bertz CT molecular complexity index is 1200. The van der Waals surface area contributed by atoms with E-state index in [2.05, 4.69) is 11.9 Å². The molecule has 31 heavy (non-hydrogen) atoms. The molecule has 0 N–H and O–H groups in total. The number of nitrogens with zero attached hydrogens (tertiary/aromatic N) is 2. The van der Waals surface area contributed by atoms with Gasteiger partial charge < -0.3 is 4.74 Å². The van der Waals surface area contributed by atoms with Crippen LogP contribution >= 0.6 is 23.1 Å². The molecule has 1 saturated heterocycles. The number of hydrogen-bond acceptors (Lipinski definition) is 7. The maximum absolute atomic E-state index is 13.7. The molecule has 2 aromatic carbocycles. The predicted octanol–water partition coefficient (Wildman–Crippen LogP) is 4.64. The number of fused-ring (bicyclic) bond motifs is 1. The van der Waals surface area contributed by atoms with Gasteiger partial charge in [-0.05, 0) is 48.9 Å². The van der Waals surface area contributed by atoms with Crippen molar-refractivity contribution in [3.05, 3.63) is 48.0 Å². The van der Waals surface area contributed by atoms with Crippen LogP contribution in [0.4, 0.5) is 5.13 Å². The van der Waals surface area contributed by atoms with E-state index in [1.165, 1.54) is 17.6 Å². The standard InChI is InChI=1S/C22H24N2O4S3/c1-3-29-19-9-5-4-8-17(19)21(25)24(14-15-7-6-12-28-15)22-23-18-11-10-16(31(2,26)27)13-20(18)30-22/h4-5,8-11,13,15H,3,6-7,12,14H2,1-2H3. The van der Waals surface area contributed by atoms with Crippen LogP contribution in [-0.2, 0) is 14.6 Å². The van der Waals surface area contributed by atoms with Gasteiger partial charge in [0.25, 0.3) is 5.91 Å². The first-order valence-corrected chi connectivity index (χ1v) is 13.8. The molecule has 4 rings (SSSR count). The molecule has 0 spiro atoms. The highest BCUT2D eigenvalue weighted by Crippen LogP contribution is 2.33. The number of hydrogen-bond donors (Lipinski definition) is 0. The van der Waals surface area contributed by atoms with Gasteiger partial charge in [0.15, 0.2) is 15.0 Å². The topological polar surface area (TPSA) is 76.6 Å². The second-order valence-corrected chi connectivity index (χ2v) is 11.7. The third kappa shape index (κ3) is 4.95. The van der Waals surface area contributed by atoms with Crippen LogP contribution in [0.1, 0.15) is 30.1 Å². The fourth-order valence-electron chi connectivity index (χ4n) is 3.55. The third-order valence-electron chi connectivity index (χ3n) is 5.08. The van der Waals surface area contributed by atoms with Crippen LogP contribution < -0.4 is 4.90 Å². The van der Waals surface area contributed by atoms with Gasteiger partial charge >= 0.3 is 0 Å². The molecule has 9 heteroatoms. The molecule has 0 radical (unpaired) electrons. The number of thioether (sulfide) groups is 1. The average Bonchev–Trinajstić information content (AvgIpc) is 3.40. The molecular weight excluding hydrogens is 452 g/mol. The molecule has 0 bridgehead atoms. The number of carbonyl (C=O) groups is 1. The second-order valence-electron chi connectivity index (χ2n) is 7.38. The van der Waals surface area contributed by atoms with E-state index in [1.807, 2.05) is 24.3 Å². The van der Waals surface area contributed by atoms with Crippen molar-refractivity contribution in [3.8, 4) is 0 Å². The summed E-state index contributed by atoms with van der Waals surface area (Å²) >= 11 is 2.96. The molecule has 2 heterocycles. The molecule has 1 aliphatic rings. The number of benzene rings is 2. The lowest BCUT2D eigenvalue weighted by atomic mass is 10.1. The maximum Gasteiger partial charge on any atom is 0.261 e. The first kappa shape index (κ1) is 22.3. The Morgan fingerprint density at radius 3 is 2.81 bits per heavy atom. The van der Waals surface area contributed by atoms with E-state index in [0.717, 1.165) is 28.2 Å². The van der Waals surface area contributed by atoms with Gasteiger partial charge in [-0.3, -0.25) is 9.69 Å². The van der Waals surface area contributed by atoms with Crippen molar-refractivity contribution in [2.75, 3.05) is 30.1 Å². The van der Waals surface area contributed by atoms with E-state index in [4.69, 9.17) is 4.74 Å². The number of anilines is 1. The van der Waals surface area contributed by atoms with Gasteiger partial charge in [0.2, 0.25) is 0 Å². The minimum absolute atomic E-state index is 0.0338. The lowest BCUT2D eigenvalue weighted by Gasteiger charge is -2.24. The van der Waals surface area contributed by atoms with Gasteiger partial charge in [-0.2, -0.15) is 0 Å². The minimum atomic E-state index is -3.32. The van der Waals surface area contributed by atoms with Crippen LogP contribution in [0.15, 0.2) is 52.3 Å². The summed E-state index contributed by atoms with van der Waals surface area (Å²) in [7, 11) is -3.32. The van der Waals surface area contributed by atoms with E-state index in [-0.39, 0.29) is 16.9 Å². The Morgan fingerprint density at radius 1 is 1.29 bits per heavy atom. The van der Waals surface area contributed by atoms with Gasteiger partial charge in [0.1, 0.15) is 0 Å². The van der Waals surface area contributed by atoms with Crippen molar-refractivity contribution in [2.24, 2.45) is 0 Å². The maximum atomic E-state index is 13.7. The highest BCUT2D eigenvalue weighted by Gasteiger charge is 2.28. The summed E-state index contributed by atoms with van der Waals surface area (Å²) < 4.78 is 30.4. The van der Waals surface area contributed by atoms with Crippen LogP contribution in [0.2, 0.25) is 0 Å². The summed E-state index contributed by atoms with van der Waals surface area (Å²) in [5.74, 6) is 0.750. The number of sulfone groups is 1. The fraction of sp³-hybridized carbons (Fsp3) is 0.364. The molecule has 0 aliphatic carbocycles. The van der Waals surface area contributed by atoms with Gasteiger partial charge in [-0.1, -0.05) is 30.4 Å². The zero-order chi connectivity index (χ0) is 22.0. The molecule has 1 aromatic heterocycles. The fourth-order valence-corrected chi connectivity index (χ4v) is 6.08. The van der Waals surface area contributed by atoms with E-state index in [1.54, 1.807) is 34.9 Å². The van der Waals surface area contributed by atoms with Crippen LogP contribution in [-0.4, -0.2) is 50.6 Å². The van der Waals surface area contributed by atoms with E-state index in [9.17, 15) is 13.2 Å². The molecule has 1 fully saturated rings. The van der Waals surface area contributed by atoms with Crippen molar-refractivity contribution in [1.29, 1.82) is 0 Å². The minimum Gasteiger partial charge on any atom is -0.376 e. The van der Waals surface area contributed by atoms with Crippen LogP contribution in [0.25, 0.3) is 10.2 Å². The second kappa shape index (κ2) is 9.28. The van der Waals surface area contributed by atoms with Gasteiger partial charge in [0.05, 0.1) is 33.3 Å². The molecule has 6 nitrogen and oxygen atoms in total. The third-order valence-corrected chi connectivity index (χ3v) is 8.19. The quantitative estimate of drug-likeness (QED) is 0.463. The smallest absolute Gasteiger partial charge is 0.261 e. The largest absolute Gasteiger partial charge is 0.376 e. The van der Waals surface area contributed by atoms with Crippen molar-refractivity contribution >= 4 is 54.2 Å². The predicted molar refractivity (Wildman–Crippen MR) is 126 cm³/mol. The highest BCUT2D eigenvalue weighted by atomic mass is 32.2. The van der Waals surface area contributed by atoms with Crippen molar-refractivity contribution in [2.45, 2.75) is 35.7 Å². The Kier molecular flexibility index (Phi) is 6.66. The highest BCUT2D eigenvalue weighted by molar-refractivity contribution is 7.99. The summed E-state index contributed by atoms with van der Waals surface area (Å²) in [6, 6.07) is 12.5. The van der Waals surface area contributed by atoms with E-state index < -0.39 is 9.84 Å². The molecule has 3 aromatic rings. The Morgan fingerprint density at radius 2 is 2.10 bits per heavy atom. The summed E-state index contributed by atoms with van der Waals surface area (Å²) in [6.07, 6.45) is 3.03. The summed E-state index contributed by atoms with van der Waals surface area (Å²) in [4.78, 5) is 21.2. The Balaban J connectivity index is 1.75. The molecule has 1 aliphatic heterocycles. The zero-order valence-corrected chi connectivity index (χ0v) is 19.9. The summed E-state index contributed by atoms with van der Waals surface area (Å²) in [6.45, 7) is 3.18. The Hall–Kier alpha value is -1.94. The van der Waals surface area contributed by atoms with Crippen LogP contribution in [0.5, 0.6) is 0 Å².